The van der Waals surface area contributed by atoms with Gasteiger partial charge in [-0.05, 0) is 37.8 Å². The number of hydrogen-bond donors (Lipinski definition) is 1. The van der Waals surface area contributed by atoms with Gasteiger partial charge in [-0.1, -0.05) is 50.6 Å². The summed E-state index contributed by atoms with van der Waals surface area (Å²) in [5.74, 6) is -1.17. The summed E-state index contributed by atoms with van der Waals surface area (Å²) < 4.78 is 5.37. The number of hydrogen-bond acceptors (Lipinski definition) is 4. The number of H-pyrrole nitrogens is 1. The number of rotatable bonds is 8. The molecule has 0 aliphatic heterocycles. The second-order valence-corrected chi connectivity index (χ2v) is 6.99. The zero-order chi connectivity index (χ0) is 20.1. The Morgan fingerprint density at radius 3 is 2.26 bits per heavy atom. The van der Waals surface area contributed by atoms with Crippen molar-refractivity contribution in [3.8, 4) is 0 Å². The summed E-state index contributed by atoms with van der Waals surface area (Å²) in [5, 5.41) is 0. The molecule has 0 saturated carbocycles. The van der Waals surface area contributed by atoms with E-state index in [4.69, 9.17) is 4.74 Å². The van der Waals surface area contributed by atoms with Crippen LogP contribution in [0.1, 0.15) is 70.8 Å². The Labute approximate surface area is 160 Å². The molecule has 0 aliphatic rings. The minimum atomic E-state index is -0.414. The van der Waals surface area contributed by atoms with Crippen LogP contribution >= 0.6 is 0 Å². The highest BCUT2D eigenvalue weighted by Crippen LogP contribution is 2.28. The van der Waals surface area contributed by atoms with E-state index in [1.54, 1.807) is 13.8 Å². The van der Waals surface area contributed by atoms with Crippen LogP contribution in [-0.4, -0.2) is 29.1 Å². The molecule has 5 nitrogen and oxygen atoms in total. The topological polar surface area (TPSA) is 76.2 Å². The fourth-order valence-electron chi connectivity index (χ4n) is 3.45. The number of nitrogens with one attached hydrogen (secondary N) is 1. The van der Waals surface area contributed by atoms with Crippen molar-refractivity contribution in [3.05, 3.63) is 58.4 Å². The maximum Gasteiger partial charge on any atom is 0.314 e. The molecule has 0 radical (unpaired) electrons. The van der Waals surface area contributed by atoms with E-state index < -0.39 is 11.9 Å². The molecule has 27 heavy (non-hydrogen) atoms. The molecule has 1 heterocycles. The van der Waals surface area contributed by atoms with Crippen molar-refractivity contribution in [3.63, 3.8) is 0 Å². The van der Waals surface area contributed by atoms with E-state index in [-0.39, 0.29) is 24.1 Å². The van der Waals surface area contributed by atoms with E-state index in [0.717, 1.165) is 12.0 Å². The Kier molecular flexibility index (Phi) is 6.72. The van der Waals surface area contributed by atoms with Crippen LogP contribution in [0, 0.1) is 19.8 Å². The maximum atomic E-state index is 12.7. The first-order valence-corrected chi connectivity index (χ1v) is 9.22. The molecule has 1 aromatic heterocycles. The highest BCUT2D eigenvalue weighted by atomic mass is 16.5. The van der Waals surface area contributed by atoms with Crippen LogP contribution in [-0.2, 0) is 9.53 Å². The first kappa shape index (κ1) is 20.6. The fraction of sp³-hybridized carbons (Fsp3) is 0.409. The summed E-state index contributed by atoms with van der Waals surface area (Å²) in [5.41, 5.74) is 2.98. The van der Waals surface area contributed by atoms with E-state index in [1.165, 1.54) is 6.92 Å². The lowest BCUT2D eigenvalue weighted by Crippen LogP contribution is -2.25. The molecule has 1 aromatic carbocycles. The molecule has 0 saturated heterocycles. The number of carbonyl (C=O) groups excluding carboxylic acids is 3. The highest BCUT2D eigenvalue weighted by molar-refractivity contribution is 6.04. The maximum absolute atomic E-state index is 12.7. The SMILES string of the molecule is CC[C@H](C)[C@@H](C(=O)OCC(=O)c1[nH]c(C)c(C(C)=O)c1C)c1ccccc1. The lowest BCUT2D eigenvalue weighted by atomic mass is 9.85. The zero-order valence-electron chi connectivity index (χ0n) is 16.6. The number of benzene rings is 1. The molecule has 0 unspecified atom stereocenters. The lowest BCUT2D eigenvalue weighted by Gasteiger charge is -2.21. The molecule has 1 N–H and O–H groups in total. The van der Waals surface area contributed by atoms with Gasteiger partial charge in [-0.25, -0.2) is 0 Å². The number of carbonyl (C=O) groups is 3. The van der Waals surface area contributed by atoms with E-state index in [2.05, 4.69) is 4.98 Å². The predicted octanol–water partition coefficient (Wildman–Crippen LogP) is 4.39. The summed E-state index contributed by atoms with van der Waals surface area (Å²) >= 11 is 0. The first-order valence-electron chi connectivity index (χ1n) is 9.22. The van der Waals surface area contributed by atoms with Gasteiger partial charge in [0.15, 0.2) is 12.4 Å². The lowest BCUT2D eigenvalue weighted by molar-refractivity contribution is -0.145. The van der Waals surface area contributed by atoms with Crippen LogP contribution in [0.25, 0.3) is 0 Å². The monoisotopic (exact) mass is 369 g/mol. The second kappa shape index (κ2) is 8.80. The van der Waals surface area contributed by atoms with E-state index in [0.29, 0.717) is 22.5 Å². The number of Topliss-reactive ketones (excluding diaryl/α,β-unsaturated/α-hetero) is 2. The summed E-state index contributed by atoms with van der Waals surface area (Å²) in [6, 6.07) is 9.47. The Morgan fingerprint density at radius 2 is 1.74 bits per heavy atom. The zero-order valence-corrected chi connectivity index (χ0v) is 16.6. The smallest absolute Gasteiger partial charge is 0.314 e. The molecular formula is C22H27NO4. The van der Waals surface area contributed by atoms with Gasteiger partial charge >= 0.3 is 5.97 Å². The van der Waals surface area contributed by atoms with Crippen molar-refractivity contribution in [2.75, 3.05) is 6.61 Å². The molecule has 0 amide bonds. The third-order valence-electron chi connectivity index (χ3n) is 5.04. The van der Waals surface area contributed by atoms with Gasteiger partial charge in [0.05, 0.1) is 11.6 Å². The Hall–Kier alpha value is -2.69. The van der Waals surface area contributed by atoms with Gasteiger partial charge in [-0.15, -0.1) is 0 Å². The molecule has 144 valence electrons. The van der Waals surface area contributed by atoms with Gasteiger partial charge in [0.25, 0.3) is 0 Å². The molecular weight excluding hydrogens is 342 g/mol. The average Bonchev–Trinajstić information content (AvgIpc) is 2.95. The normalized spacial score (nSPS) is 13.1. The second-order valence-electron chi connectivity index (χ2n) is 6.99. The molecule has 2 aromatic rings. The van der Waals surface area contributed by atoms with Crippen molar-refractivity contribution in [2.24, 2.45) is 5.92 Å². The summed E-state index contributed by atoms with van der Waals surface area (Å²) in [6.45, 7) is 8.61. The Balaban J connectivity index is 2.15. The molecule has 0 spiro atoms. The number of aromatic amines is 1. The number of esters is 1. The van der Waals surface area contributed by atoms with Gasteiger partial charge in [-0.3, -0.25) is 14.4 Å². The van der Waals surface area contributed by atoms with Crippen molar-refractivity contribution in [1.29, 1.82) is 0 Å². The number of aromatic nitrogens is 1. The predicted molar refractivity (Wildman–Crippen MR) is 104 cm³/mol. The third kappa shape index (κ3) is 4.54. The van der Waals surface area contributed by atoms with Crippen LogP contribution in [0.3, 0.4) is 0 Å². The first-order chi connectivity index (χ1) is 12.8. The van der Waals surface area contributed by atoms with Gasteiger partial charge in [0.2, 0.25) is 5.78 Å². The summed E-state index contributed by atoms with van der Waals surface area (Å²) in [4.78, 5) is 39.9. The molecule has 0 fully saturated rings. The van der Waals surface area contributed by atoms with Gasteiger partial charge < -0.3 is 9.72 Å². The minimum Gasteiger partial charge on any atom is -0.457 e. The minimum absolute atomic E-state index is 0.0915. The van der Waals surface area contributed by atoms with Crippen LogP contribution in [0.15, 0.2) is 30.3 Å². The number of ether oxygens (including phenoxy) is 1. The molecule has 0 aliphatic carbocycles. The standard InChI is InChI=1S/C22H27NO4/c1-6-13(2)19(17-10-8-7-9-11-17)22(26)27-12-18(25)21-14(3)20(16(5)24)15(4)23-21/h7-11,13,19,23H,6,12H2,1-5H3/t13-,19+/m0/s1. The molecule has 5 heteroatoms. The van der Waals surface area contributed by atoms with E-state index >= 15 is 0 Å². The average molecular weight is 369 g/mol. The van der Waals surface area contributed by atoms with Crippen molar-refractivity contribution >= 4 is 17.5 Å². The van der Waals surface area contributed by atoms with Crippen LogP contribution in [0.5, 0.6) is 0 Å². The molecule has 0 bridgehead atoms. The fourth-order valence-corrected chi connectivity index (χ4v) is 3.45. The van der Waals surface area contributed by atoms with Gasteiger partial charge in [-0.2, -0.15) is 0 Å². The summed E-state index contributed by atoms with van der Waals surface area (Å²) in [7, 11) is 0. The van der Waals surface area contributed by atoms with E-state index in [9.17, 15) is 14.4 Å². The van der Waals surface area contributed by atoms with Crippen molar-refractivity contribution in [2.45, 2.75) is 47.0 Å². The number of aryl methyl sites for hydroxylation is 1. The van der Waals surface area contributed by atoms with Gasteiger partial charge in [0, 0.05) is 11.3 Å². The Morgan fingerprint density at radius 1 is 1.11 bits per heavy atom. The highest BCUT2D eigenvalue weighted by Gasteiger charge is 2.28. The Bertz CT molecular complexity index is 835. The quantitative estimate of drug-likeness (QED) is 0.553. The summed E-state index contributed by atoms with van der Waals surface area (Å²) in [6.07, 6.45) is 0.819. The largest absolute Gasteiger partial charge is 0.457 e. The number of ketones is 2. The molecule has 2 atom stereocenters. The van der Waals surface area contributed by atoms with Crippen molar-refractivity contribution < 1.29 is 19.1 Å². The van der Waals surface area contributed by atoms with E-state index in [1.807, 2.05) is 44.2 Å². The van der Waals surface area contributed by atoms with Gasteiger partial charge in [0.1, 0.15) is 0 Å². The van der Waals surface area contributed by atoms with Crippen LogP contribution < -0.4 is 0 Å². The third-order valence-corrected chi connectivity index (χ3v) is 5.04. The van der Waals surface area contributed by atoms with Crippen LogP contribution in [0.2, 0.25) is 0 Å². The van der Waals surface area contributed by atoms with Crippen molar-refractivity contribution in [1.82, 2.24) is 4.98 Å². The van der Waals surface area contributed by atoms with Crippen LogP contribution in [0.4, 0.5) is 0 Å². The molecule has 2 rings (SSSR count).